The number of guanidine groups is 1. The first-order valence-electron chi connectivity index (χ1n) is 10.1. The van der Waals surface area contributed by atoms with Crippen molar-refractivity contribution in [3.63, 3.8) is 0 Å². The van der Waals surface area contributed by atoms with E-state index >= 15 is 0 Å². The highest BCUT2D eigenvalue weighted by Crippen LogP contribution is 2.18. The van der Waals surface area contributed by atoms with Crippen LogP contribution in [0.5, 0.6) is 0 Å². The van der Waals surface area contributed by atoms with E-state index < -0.39 is 0 Å². The lowest BCUT2D eigenvalue weighted by Gasteiger charge is -2.33. The lowest BCUT2D eigenvalue weighted by molar-refractivity contribution is 0.159. The summed E-state index contributed by atoms with van der Waals surface area (Å²) in [5.74, 6) is 1.85. The zero-order chi connectivity index (χ0) is 17.2. The maximum Gasteiger partial charge on any atom is 0.190 e. The number of likely N-dealkylation sites (tertiary alicyclic amines) is 2. The molecule has 2 aliphatic rings. The normalized spacial score (nSPS) is 25.0. The van der Waals surface area contributed by atoms with Gasteiger partial charge in [0.05, 0.1) is 0 Å². The molecule has 0 spiro atoms. The first kappa shape index (κ1) is 19.5. The van der Waals surface area contributed by atoms with Gasteiger partial charge in [-0.05, 0) is 78.0 Å². The molecule has 0 bridgehead atoms. The van der Waals surface area contributed by atoms with Crippen LogP contribution in [0.15, 0.2) is 4.99 Å². The third kappa shape index (κ3) is 6.98. The molecule has 2 fully saturated rings. The van der Waals surface area contributed by atoms with E-state index in [1.54, 1.807) is 0 Å². The molecule has 2 saturated heterocycles. The molecular weight excluding hydrogens is 298 g/mol. The van der Waals surface area contributed by atoms with E-state index in [0.29, 0.717) is 0 Å². The topological polar surface area (TPSA) is 42.9 Å². The standard InChI is InChI=1S/C19H39N5/c1-17-7-4-5-13-24(17)14-6-11-21-19(20-2)22-12-8-18-9-15-23(3)16-10-18/h17-18H,4-16H2,1-3H3,(H2,20,21,22). The van der Waals surface area contributed by atoms with Gasteiger partial charge in [0.2, 0.25) is 0 Å². The van der Waals surface area contributed by atoms with Crippen LogP contribution in [0, 0.1) is 5.92 Å². The van der Waals surface area contributed by atoms with Crippen LogP contribution in [-0.2, 0) is 0 Å². The number of hydrogen-bond acceptors (Lipinski definition) is 3. The highest BCUT2D eigenvalue weighted by atomic mass is 15.2. The van der Waals surface area contributed by atoms with Gasteiger partial charge in [0, 0.05) is 32.7 Å². The van der Waals surface area contributed by atoms with Crippen LogP contribution in [0.2, 0.25) is 0 Å². The summed E-state index contributed by atoms with van der Waals surface area (Å²) >= 11 is 0. The van der Waals surface area contributed by atoms with Gasteiger partial charge in [-0.2, -0.15) is 0 Å². The number of aliphatic imine (C=N–C) groups is 1. The minimum Gasteiger partial charge on any atom is -0.356 e. The van der Waals surface area contributed by atoms with Crippen molar-refractivity contribution >= 4 is 5.96 Å². The first-order valence-corrected chi connectivity index (χ1v) is 10.1. The first-order chi connectivity index (χ1) is 11.7. The molecule has 2 aliphatic heterocycles. The third-order valence-electron chi connectivity index (χ3n) is 5.76. The van der Waals surface area contributed by atoms with Gasteiger partial charge in [-0.25, -0.2) is 0 Å². The Morgan fingerprint density at radius 3 is 2.50 bits per heavy atom. The van der Waals surface area contributed by atoms with Crippen LogP contribution in [0.3, 0.4) is 0 Å². The maximum absolute atomic E-state index is 4.35. The highest BCUT2D eigenvalue weighted by Gasteiger charge is 2.17. The monoisotopic (exact) mass is 337 g/mol. The molecule has 0 amide bonds. The van der Waals surface area contributed by atoms with Crippen LogP contribution in [0.25, 0.3) is 0 Å². The van der Waals surface area contributed by atoms with E-state index in [2.05, 4.69) is 39.4 Å². The molecule has 0 aromatic carbocycles. The van der Waals surface area contributed by atoms with Crippen molar-refractivity contribution in [3.05, 3.63) is 0 Å². The molecule has 24 heavy (non-hydrogen) atoms. The largest absolute Gasteiger partial charge is 0.356 e. The third-order valence-corrected chi connectivity index (χ3v) is 5.76. The predicted molar refractivity (Wildman–Crippen MR) is 104 cm³/mol. The SMILES string of the molecule is CN=C(NCCCN1CCCCC1C)NCCC1CCN(C)CC1. The summed E-state index contributed by atoms with van der Waals surface area (Å²) in [6.45, 7) is 9.43. The molecule has 0 aliphatic carbocycles. The van der Waals surface area contributed by atoms with Gasteiger partial charge >= 0.3 is 0 Å². The molecule has 0 saturated carbocycles. The zero-order valence-electron chi connectivity index (χ0n) is 16.2. The van der Waals surface area contributed by atoms with Gasteiger partial charge in [-0.3, -0.25) is 4.99 Å². The molecule has 2 N–H and O–H groups in total. The van der Waals surface area contributed by atoms with Gasteiger partial charge in [-0.15, -0.1) is 0 Å². The Hall–Kier alpha value is -0.810. The number of hydrogen-bond donors (Lipinski definition) is 2. The molecular formula is C19H39N5. The van der Waals surface area contributed by atoms with Gasteiger partial charge in [0.15, 0.2) is 5.96 Å². The van der Waals surface area contributed by atoms with Gasteiger partial charge < -0.3 is 20.4 Å². The van der Waals surface area contributed by atoms with Crippen molar-refractivity contribution in [1.82, 2.24) is 20.4 Å². The lowest BCUT2D eigenvalue weighted by Crippen LogP contribution is -2.42. The highest BCUT2D eigenvalue weighted by molar-refractivity contribution is 5.79. The molecule has 1 unspecified atom stereocenters. The predicted octanol–water partition coefficient (Wildman–Crippen LogP) is 2.15. The molecule has 0 radical (unpaired) electrons. The van der Waals surface area contributed by atoms with E-state index in [1.807, 2.05) is 7.05 Å². The van der Waals surface area contributed by atoms with Crippen LogP contribution >= 0.6 is 0 Å². The second-order valence-corrected chi connectivity index (χ2v) is 7.70. The quantitative estimate of drug-likeness (QED) is 0.424. The second-order valence-electron chi connectivity index (χ2n) is 7.70. The molecule has 5 heteroatoms. The fraction of sp³-hybridized carbons (Fsp3) is 0.947. The van der Waals surface area contributed by atoms with Crippen LogP contribution in [-0.4, -0.2) is 75.2 Å². The average molecular weight is 338 g/mol. The Morgan fingerprint density at radius 2 is 1.79 bits per heavy atom. The van der Waals surface area contributed by atoms with Crippen molar-refractivity contribution in [1.29, 1.82) is 0 Å². The Kier molecular flexibility index (Phi) is 8.89. The molecule has 1 atom stereocenters. The number of rotatable bonds is 7. The molecule has 5 nitrogen and oxygen atoms in total. The second kappa shape index (κ2) is 10.9. The number of nitrogens with one attached hydrogen (secondary N) is 2. The Bertz CT molecular complexity index is 363. The van der Waals surface area contributed by atoms with E-state index in [9.17, 15) is 0 Å². The molecule has 0 aromatic heterocycles. The molecule has 2 heterocycles. The Balaban J connectivity index is 1.52. The van der Waals surface area contributed by atoms with Crippen molar-refractivity contribution in [3.8, 4) is 0 Å². The van der Waals surface area contributed by atoms with Gasteiger partial charge in [0.1, 0.15) is 0 Å². The summed E-state index contributed by atoms with van der Waals surface area (Å²) in [6.07, 6.45) is 9.30. The van der Waals surface area contributed by atoms with Crippen LogP contribution < -0.4 is 10.6 Å². The minimum atomic E-state index is 0.769. The van der Waals surface area contributed by atoms with E-state index in [1.165, 1.54) is 71.1 Å². The van der Waals surface area contributed by atoms with Crippen LogP contribution in [0.4, 0.5) is 0 Å². The number of nitrogens with zero attached hydrogens (tertiary/aromatic N) is 3. The smallest absolute Gasteiger partial charge is 0.190 e. The summed E-state index contributed by atoms with van der Waals surface area (Å²) in [5.41, 5.74) is 0. The summed E-state index contributed by atoms with van der Waals surface area (Å²) < 4.78 is 0. The fourth-order valence-corrected chi connectivity index (χ4v) is 3.94. The Morgan fingerprint density at radius 1 is 1.04 bits per heavy atom. The van der Waals surface area contributed by atoms with Crippen molar-refractivity contribution in [2.24, 2.45) is 10.9 Å². The minimum absolute atomic E-state index is 0.769. The number of piperidine rings is 2. The van der Waals surface area contributed by atoms with Crippen molar-refractivity contribution in [2.45, 2.75) is 57.9 Å². The van der Waals surface area contributed by atoms with Crippen molar-refractivity contribution < 1.29 is 0 Å². The lowest BCUT2D eigenvalue weighted by atomic mass is 9.94. The summed E-state index contributed by atoms with van der Waals surface area (Å²) in [7, 11) is 4.10. The van der Waals surface area contributed by atoms with Crippen molar-refractivity contribution in [2.75, 3.05) is 53.4 Å². The average Bonchev–Trinajstić information content (AvgIpc) is 2.60. The van der Waals surface area contributed by atoms with Gasteiger partial charge in [0.25, 0.3) is 0 Å². The fourth-order valence-electron chi connectivity index (χ4n) is 3.94. The summed E-state index contributed by atoms with van der Waals surface area (Å²) in [5, 5.41) is 6.96. The molecule has 140 valence electrons. The Labute approximate surface area is 149 Å². The summed E-state index contributed by atoms with van der Waals surface area (Å²) in [6, 6.07) is 0.769. The molecule has 0 aromatic rings. The van der Waals surface area contributed by atoms with Crippen LogP contribution in [0.1, 0.15) is 51.9 Å². The van der Waals surface area contributed by atoms with E-state index in [0.717, 1.165) is 31.0 Å². The summed E-state index contributed by atoms with van der Waals surface area (Å²) in [4.78, 5) is 9.43. The maximum atomic E-state index is 4.35. The van der Waals surface area contributed by atoms with E-state index in [-0.39, 0.29) is 0 Å². The zero-order valence-corrected chi connectivity index (χ0v) is 16.2. The van der Waals surface area contributed by atoms with Gasteiger partial charge in [-0.1, -0.05) is 6.42 Å². The van der Waals surface area contributed by atoms with E-state index in [4.69, 9.17) is 0 Å². The molecule has 2 rings (SSSR count).